The van der Waals surface area contributed by atoms with Crippen molar-refractivity contribution in [1.82, 2.24) is 24.3 Å². The number of aromatic nitrogens is 5. The van der Waals surface area contributed by atoms with Crippen LogP contribution in [0.2, 0.25) is 0 Å². The van der Waals surface area contributed by atoms with Gasteiger partial charge in [0.2, 0.25) is 0 Å². The van der Waals surface area contributed by atoms with Gasteiger partial charge in [-0.3, -0.25) is 9.36 Å². The number of fused-ring (bicyclic) bond motifs is 1. The van der Waals surface area contributed by atoms with Crippen LogP contribution < -0.4 is 11.2 Å². The third kappa shape index (κ3) is 2.14. The van der Waals surface area contributed by atoms with E-state index < -0.39 is 11.2 Å². The average molecular weight is 299 g/mol. The van der Waals surface area contributed by atoms with Crippen molar-refractivity contribution in [3.8, 4) is 28.7 Å². The zero-order valence-electron chi connectivity index (χ0n) is 12.0. The molecule has 2 aliphatic heterocycles. The van der Waals surface area contributed by atoms with Gasteiger partial charge in [-0.1, -0.05) is 12.1 Å². The van der Waals surface area contributed by atoms with Crippen LogP contribution >= 0.6 is 0 Å². The van der Waals surface area contributed by atoms with Crippen LogP contribution in [-0.4, -0.2) is 29.4 Å². The molecule has 1 N–H and O–H groups in total. The lowest BCUT2D eigenvalue weighted by Crippen LogP contribution is -2.37. The molecule has 1 aromatic carbocycles. The highest BCUT2D eigenvalue weighted by Crippen LogP contribution is 2.22. The van der Waals surface area contributed by atoms with Gasteiger partial charge in [0.25, 0.3) is 5.56 Å². The lowest BCUT2D eigenvalue weighted by molar-refractivity contribution is 0.475. The van der Waals surface area contributed by atoms with E-state index in [4.69, 9.17) is 0 Å². The molecule has 8 nitrogen and oxygen atoms in total. The Kier molecular flexibility index (Phi) is 3.21. The fourth-order valence-electron chi connectivity index (χ4n) is 2.12. The van der Waals surface area contributed by atoms with Crippen molar-refractivity contribution in [2.45, 2.75) is 13.5 Å². The Hall–Kier alpha value is -3.03. The van der Waals surface area contributed by atoms with Crippen molar-refractivity contribution in [3.05, 3.63) is 45.1 Å². The van der Waals surface area contributed by atoms with Gasteiger partial charge in [0.15, 0.2) is 17.3 Å². The Bertz CT molecular complexity index is 944. The van der Waals surface area contributed by atoms with E-state index in [-0.39, 0.29) is 23.1 Å². The first-order chi connectivity index (χ1) is 10.5. The number of benzene rings is 1. The highest BCUT2D eigenvalue weighted by molar-refractivity contribution is 5.60. The molecule has 2 aliphatic rings. The summed E-state index contributed by atoms with van der Waals surface area (Å²) in [4.78, 5) is 32.0. The van der Waals surface area contributed by atoms with Crippen LogP contribution in [0.1, 0.15) is 6.92 Å². The quantitative estimate of drug-likeness (QED) is 0.726. The maximum Gasteiger partial charge on any atom is 0.352 e. The molecule has 22 heavy (non-hydrogen) atoms. The molecule has 0 atom stereocenters. The molecular weight excluding hydrogens is 286 g/mol. The van der Waals surface area contributed by atoms with E-state index >= 15 is 0 Å². The Labute approximate surface area is 124 Å². The van der Waals surface area contributed by atoms with E-state index in [0.29, 0.717) is 12.1 Å². The minimum atomic E-state index is -0.645. The molecule has 0 saturated heterocycles. The molecule has 2 heterocycles. The van der Waals surface area contributed by atoms with Gasteiger partial charge in [-0.2, -0.15) is 10.1 Å². The second-order valence-electron chi connectivity index (χ2n) is 4.73. The number of phenols is 1. The van der Waals surface area contributed by atoms with Crippen LogP contribution in [0, 0.1) is 0 Å². The van der Waals surface area contributed by atoms with Gasteiger partial charge < -0.3 is 5.11 Å². The minimum absolute atomic E-state index is 0.0669. The van der Waals surface area contributed by atoms with Gasteiger partial charge in [0.1, 0.15) is 5.75 Å². The maximum absolute atomic E-state index is 12.2. The maximum atomic E-state index is 12.2. The summed E-state index contributed by atoms with van der Waals surface area (Å²) in [6.07, 6.45) is 0. The van der Waals surface area contributed by atoms with Gasteiger partial charge in [-0.25, -0.2) is 14.5 Å². The molecule has 0 fully saturated rings. The molecular formula is C14H13N5O3. The first-order valence-corrected chi connectivity index (χ1v) is 6.66. The fourth-order valence-corrected chi connectivity index (χ4v) is 2.12. The normalized spacial score (nSPS) is 11.0. The van der Waals surface area contributed by atoms with Gasteiger partial charge in [0, 0.05) is 19.2 Å². The Morgan fingerprint density at radius 2 is 2.00 bits per heavy atom. The number of aryl methyl sites for hydroxylation is 1. The van der Waals surface area contributed by atoms with Crippen molar-refractivity contribution in [2.75, 3.05) is 0 Å². The third-order valence-electron chi connectivity index (χ3n) is 3.29. The van der Waals surface area contributed by atoms with Gasteiger partial charge in [-0.15, -0.1) is 0 Å². The molecule has 0 aliphatic carbocycles. The number of hydrogen-bond donors (Lipinski definition) is 1. The first-order valence-electron chi connectivity index (χ1n) is 6.66. The Morgan fingerprint density at radius 3 is 2.68 bits per heavy atom. The second kappa shape index (κ2) is 5.06. The van der Waals surface area contributed by atoms with Gasteiger partial charge in [-0.05, 0) is 19.1 Å². The van der Waals surface area contributed by atoms with Crippen LogP contribution in [0.15, 0.2) is 33.9 Å². The SMILES string of the molecule is CCn1nc(-c2cccc(O)c2)nc2c(=O)n(C)c(=O)nc1-2. The average Bonchev–Trinajstić information content (AvgIpc) is 2.52. The van der Waals surface area contributed by atoms with E-state index in [1.807, 2.05) is 6.92 Å². The number of nitrogens with zero attached hydrogens (tertiary/aromatic N) is 5. The molecule has 0 amide bonds. The molecule has 0 saturated carbocycles. The van der Waals surface area contributed by atoms with Crippen molar-refractivity contribution in [1.29, 1.82) is 0 Å². The Balaban J connectivity index is 2.38. The highest BCUT2D eigenvalue weighted by Gasteiger charge is 2.20. The summed E-state index contributed by atoms with van der Waals surface area (Å²) in [5, 5.41) is 13.9. The lowest BCUT2D eigenvalue weighted by atomic mass is 10.2. The van der Waals surface area contributed by atoms with Crippen LogP contribution in [0.25, 0.3) is 22.9 Å². The number of phenolic OH excluding ortho intramolecular Hbond substituents is 1. The van der Waals surface area contributed by atoms with Crippen molar-refractivity contribution in [2.24, 2.45) is 7.05 Å². The highest BCUT2D eigenvalue weighted by atomic mass is 16.3. The van der Waals surface area contributed by atoms with Gasteiger partial charge in [0.05, 0.1) is 0 Å². The van der Waals surface area contributed by atoms with Gasteiger partial charge >= 0.3 is 5.69 Å². The first kappa shape index (κ1) is 13.9. The molecule has 0 aromatic heterocycles. The van der Waals surface area contributed by atoms with Crippen molar-refractivity contribution < 1.29 is 5.11 Å². The minimum Gasteiger partial charge on any atom is -0.508 e. The Morgan fingerprint density at radius 1 is 1.23 bits per heavy atom. The predicted molar refractivity (Wildman–Crippen MR) is 78.7 cm³/mol. The summed E-state index contributed by atoms with van der Waals surface area (Å²) in [6, 6.07) is 6.41. The summed E-state index contributed by atoms with van der Waals surface area (Å²) < 4.78 is 2.35. The standard InChI is InChI=1S/C14H13N5O3/c1-3-19-12-10(13(21)18(2)14(22)16-12)15-11(17-19)8-5-4-6-9(20)7-8/h4-7,20H,3H2,1-2H3. The van der Waals surface area contributed by atoms with Crippen LogP contribution in [-0.2, 0) is 13.6 Å². The molecule has 8 heteroatoms. The number of aromatic hydroxyl groups is 1. The zero-order chi connectivity index (χ0) is 15.9. The topological polar surface area (TPSA) is 103 Å². The van der Waals surface area contributed by atoms with E-state index in [0.717, 1.165) is 4.57 Å². The molecule has 0 bridgehead atoms. The predicted octanol–water partition coefficient (Wildman–Crippen LogP) is 0.229. The van der Waals surface area contributed by atoms with E-state index in [1.54, 1.807) is 12.1 Å². The molecule has 3 rings (SSSR count). The summed E-state index contributed by atoms with van der Waals surface area (Å²) >= 11 is 0. The molecule has 0 spiro atoms. The van der Waals surface area contributed by atoms with Crippen LogP contribution in [0.3, 0.4) is 0 Å². The molecule has 1 aromatic rings. The summed E-state index contributed by atoms with van der Waals surface area (Å²) in [7, 11) is 1.35. The third-order valence-corrected chi connectivity index (χ3v) is 3.29. The zero-order valence-corrected chi connectivity index (χ0v) is 12.0. The van der Waals surface area contributed by atoms with Crippen molar-refractivity contribution >= 4 is 0 Å². The van der Waals surface area contributed by atoms with Crippen LogP contribution in [0.4, 0.5) is 0 Å². The number of rotatable bonds is 2. The smallest absolute Gasteiger partial charge is 0.352 e. The van der Waals surface area contributed by atoms with E-state index in [1.165, 1.54) is 23.9 Å². The molecule has 0 radical (unpaired) electrons. The summed E-state index contributed by atoms with van der Waals surface area (Å²) in [6.45, 7) is 2.24. The monoisotopic (exact) mass is 299 g/mol. The van der Waals surface area contributed by atoms with Crippen LogP contribution in [0.5, 0.6) is 5.75 Å². The molecule has 112 valence electrons. The van der Waals surface area contributed by atoms with Crippen molar-refractivity contribution in [3.63, 3.8) is 0 Å². The van der Waals surface area contributed by atoms with E-state index in [9.17, 15) is 14.7 Å². The lowest BCUT2D eigenvalue weighted by Gasteiger charge is -2.13. The van der Waals surface area contributed by atoms with E-state index in [2.05, 4.69) is 15.1 Å². The summed E-state index contributed by atoms with van der Waals surface area (Å²) in [5.74, 6) is 0.507. The number of hydrogen-bond acceptors (Lipinski definition) is 6. The summed E-state index contributed by atoms with van der Waals surface area (Å²) in [5.41, 5.74) is -0.538. The fraction of sp³-hybridized carbons (Fsp3) is 0.214. The largest absolute Gasteiger partial charge is 0.508 e. The second-order valence-corrected chi connectivity index (χ2v) is 4.73. The molecule has 0 unspecified atom stereocenters.